The van der Waals surface area contributed by atoms with Gasteiger partial charge in [0, 0.05) is 18.2 Å². The molecule has 7 nitrogen and oxygen atoms in total. The molecule has 0 saturated heterocycles. The van der Waals surface area contributed by atoms with E-state index in [1.165, 1.54) is 11.8 Å². The van der Waals surface area contributed by atoms with Crippen LogP contribution in [-0.4, -0.2) is 59.3 Å². The maximum absolute atomic E-state index is 12.9. The maximum atomic E-state index is 12.9. The number of carbonyl (C=O) groups is 3. The van der Waals surface area contributed by atoms with Crippen molar-refractivity contribution in [2.24, 2.45) is 11.7 Å². The molecule has 0 saturated carbocycles. The summed E-state index contributed by atoms with van der Waals surface area (Å²) in [6.07, 6.45) is 3.87. The number of nitrogens with one attached hydrogen (secondary N) is 2. The molecular formula is C21H33N3O4S2. The first-order valence-electron chi connectivity index (χ1n) is 10.00. The Morgan fingerprint density at radius 1 is 1.17 bits per heavy atom. The van der Waals surface area contributed by atoms with Crippen LogP contribution in [-0.2, 0) is 20.8 Å². The largest absolute Gasteiger partial charge is 0.480 e. The average molecular weight is 456 g/mol. The molecule has 5 N–H and O–H groups in total. The minimum Gasteiger partial charge on any atom is -0.480 e. The molecule has 1 aromatic carbocycles. The van der Waals surface area contributed by atoms with E-state index in [1.54, 1.807) is 0 Å². The molecule has 168 valence electrons. The summed E-state index contributed by atoms with van der Waals surface area (Å²) in [7, 11) is 0. The number of nitrogens with two attached hydrogens (primary N) is 1. The molecule has 9 heteroatoms. The molecule has 3 atom stereocenters. The van der Waals surface area contributed by atoms with E-state index in [0.717, 1.165) is 11.1 Å². The van der Waals surface area contributed by atoms with Crippen LogP contribution < -0.4 is 16.4 Å². The van der Waals surface area contributed by atoms with Crippen molar-refractivity contribution in [1.29, 1.82) is 0 Å². The van der Waals surface area contributed by atoms with E-state index in [2.05, 4.69) is 23.3 Å². The third kappa shape index (κ3) is 9.86. The van der Waals surface area contributed by atoms with Crippen molar-refractivity contribution in [2.45, 2.75) is 44.7 Å². The number of hydrogen-bond acceptors (Lipinski definition) is 6. The zero-order chi connectivity index (χ0) is 22.5. The van der Waals surface area contributed by atoms with Gasteiger partial charge in [0.25, 0.3) is 0 Å². The smallest absolute Gasteiger partial charge is 0.326 e. The lowest BCUT2D eigenvalue weighted by Crippen LogP contribution is -2.45. The van der Waals surface area contributed by atoms with Crippen molar-refractivity contribution >= 4 is 42.2 Å². The molecule has 30 heavy (non-hydrogen) atoms. The highest BCUT2D eigenvalue weighted by Crippen LogP contribution is 2.16. The van der Waals surface area contributed by atoms with Crippen LogP contribution in [0.4, 0.5) is 0 Å². The van der Waals surface area contributed by atoms with Crippen molar-refractivity contribution in [2.75, 3.05) is 24.3 Å². The van der Waals surface area contributed by atoms with Crippen LogP contribution in [0.3, 0.4) is 0 Å². The second kappa shape index (κ2) is 14.3. The predicted octanol–water partition coefficient (Wildman–Crippen LogP) is 1.63. The fraction of sp³-hybridized carbons (Fsp3) is 0.571. The highest BCUT2D eigenvalue weighted by molar-refractivity contribution is 7.98. The number of carboxylic acid groups (broad SMARTS) is 1. The van der Waals surface area contributed by atoms with Gasteiger partial charge in [-0.05, 0) is 50.2 Å². The van der Waals surface area contributed by atoms with E-state index in [1.807, 2.05) is 37.4 Å². The number of hydrogen-bond donors (Lipinski definition) is 5. The van der Waals surface area contributed by atoms with Crippen LogP contribution in [0.1, 0.15) is 30.4 Å². The van der Waals surface area contributed by atoms with Gasteiger partial charge in [-0.25, -0.2) is 4.79 Å². The topological polar surface area (TPSA) is 122 Å². The molecule has 0 aliphatic carbocycles. The molecule has 1 rings (SSSR count). The maximum Gasteiger partial charge on any atom is 0.326 e. The monoisotopic (exact) mass is 455 g/mol. The molecule has 0 fully saturated rings. The van der Waals surface area contributed by atoms with Gasteiger partial charge in [0.2, 0.25) is 11.8 Å². The van der Waals surface area contributed by atoms with Crippen LogP contribution >= 0.6 is 24.4 Å². The molecule has 0 bridgehead atoms. The van der Waals surface area contributed by atoms with Crippen LogP contribution in [0, 0.1) is 12.8 Å². The van der Waals surface area contributed by atoms with Crippen LogP contribution in [0.25, 0.3) is 0 Å². The molecular weight excluding hydrogens is 422 g/mol. The molecule has 0 aliphatic rings. The van der Waals surface area contributed by atoms with Gasteiger partial charge < -0.3 is 21.5 Å². The molecule has 1 aromatic rings. The van der Waals surface area contributed by atoms with Gasteiger partial charge in [-0.1, -0.05) is 29.8 Å². The van der Waals surface area contributed by atoms with E-state index in [9.17, 15) is 19.5 Å². The molecule has 2 amide bonds. The summed E-state index contributed by atoms with van der Waals surface area (Å²) in [5.74, 6) is -1.05. The second-order valence-electron chi connectivity index (χ2n) is 7.29. The van der Waals surface area contributed by atoms with Gasteiger partial charge >= 0.3 is 5.97 Å². The molecule has 0 spiro atoms. The Balaban J connectivity index is 2.75. The average Bonchev–Trinajstić information content (AvgIpc) is 2.73. The normalized spacial score (nSPS) is 13.9. The van der Waals surface area contributed by atoms with Crippen molar-refractivity contribution < 1.29 is 19.5 Å². The zero-order valence-corrected chi connectivity index (χ0v) is 19.3. The third-order valence-corrected chi connectivity index (χ3v) is 5.80. The number of aryl methyl sites for hydroxylation is 1. The van der Waals surface area contributed by atoms with E-state index in [0.29, 0.717) is 38.0 Å². The lowest BCUT2D eigenvalue weighted by molar-refractivity contribution is -0.142. The van der Waals surface area contributed by atoms with E-state index < -0.39 is 18.1 Å². The highest BCUT2D eigenvalue weighted by atomic mass is 32.2. The number of carbonyl (C=O) groups excluding carboxylic acids is 2. The predicted molar refractivity (Wildman–Crippen MR) is 125 cm³/mol. The molecule has 0 aromatic heterocycles. The summed E-state index contributed by atoms with van der Waals surface area (Å²) in [5, 5.41) is 14.8. The fourth-order valence-corrected chi connectivity index (χ4v) is 3.53. The summed E-state index contributed by atoms with van der Waals surface area (Å²) < 4.78 is 0. The quantitative estimate of drug-likeness (QED) is 0.215. The van der Waals surface area contributed by atoms with Crippen molar-refractivity contribution in [1.82, 2.24) is 10.6 Å². The summed E-state index contributed by atoms with van der Waals surface area (Å²) in [4.78, 5) is 36.1. The first kappa shape index (κ1) is 26.3. The van der Waals surface area contributed by atoms with Crippen molar-refractivity contribution in [3.8, 4) is 0 Å². The van der Waals surface area contributed by atoms with Gasteiger partial charge in [0.05, 0.1) is 6.04 Å². The Labute approximate surface area is 188 Å². The minimum atomic E-state index is -1.03. The molecule has 0 unspecified atom stereocenters. The van der Waals surface area contributed by atoms with Gasteiger partial charge in [0.15, 0.2) is 0 Å². The van der Waals surface area contributed by atoms with Crippen LogP contribution in [0.15, 0.2) is 24.3 Å². The summed E-state index contributed by atoms with van der Waals surface area (Å²) >= 11 is 5.55. The number of benzene rings is 1. The van der Waals surface area contributed by atoms with Gasteiger partial charge in [-0.2, -0.15) is 24.4 Å². The molecule has 0 aliphatic heterocycles. The number of thioether (sulfide) groups is 1. The SMILES string of the molecule is CSCC[C@H](NC(=O)[C@@H](CCCNC(=O)[C@@H](N)CS)Cc1ccc(C)cc1)C(=O)O. The molecule has 0 heterocycles. The van der Waals surface area contributed by atoms with E-state index in [-0.39, 0.29) is 23.5 Å². The third-order valence-electron chi connectivity index (χ3n) is 4.76. The summed E-state index contributed by atoms with van der Waals surface area (Å²) in [5.41, 5.74) is 7.78. The van der Waals surface area contributed by atoms with Crippen molar-refractivity contribution in [3.05, 3.63) is 35.4 Å². The molecule has 0 radical (unpaired) electrons. The van der Waals surface area contributed by atoms with E-state index >= 15 is 0 Å². The number of aliphatic carboxylic acids is 1. The van der Waals surface area contributed by atoms with E-state index in [4.69, 9.17) is 5.73 Å². The van der Waals surface area contributed by atoms with Gasteiger partial charge in [0.1, 0.15) is 6.04 Å². The standard InChI is InChI=1S/C21H33N3O4S2/c1-14-5-7-15(8-6-14)12-16(4-3-10-23-20(26)17(22)13-29)19(25)24-18(21(27)28)9-11-30-2/h5-8,16-18,29H,3-4,9-13,22H2,1-2H3,(H,23,26)(H,24,25)(H,27,28)/t16-,17-,18-/m0/s1. The summed E-state index contributed by atoms with van der Waals surface area (Å²) in [6.45, 7) is 2.39. The number of rotatable bonds is 14. The van der Waals surface area contributed by atoms with Gasteiger partial charge in [-0.3, -0.25) is 9.59 Å². The van der Waals surface area contributed by atoms with Crippen LogP contribution in [0.2, 0.25) is 0 Å². The lowest BCUT2D eigenvalue weighted by atomic mass is 9.93. The van der Waals surface area contributed by atoms with Crippen LogP contribution in [0.5, 0.6) is 0 Å². The second-order valence-corrected chi connectivity index (χ2v) is 8.64. The number of thiol groups is 1. The Morgan fingerprint density at radius 2 is 1.83 bits per heavy atom. The first-order valence-corrected chi connectivity index (χ1v) is 12.0. The Hall–Kier alpha value is -1.71. The summed E-state index contributed by atoms with van der Waals surface area (Å²) in [6, 6.07) is 6.37. The van der Waals surface area contributed by atoms with Gasteiger partial charge in [-0.15, -0.1) is 0 Å². The number of carboxylic acids is 1. The Bertz CT molecular complexity index is 685. The highest BCUT2D eigenvalue weighted by Gasteiger charge is 2.25. The lowest BCUT2D eigenvalue weighted by Gasteiger charge is -2.21. The minimum absolute atomic E-state index is 0.261. The van der Waals surface area contributed by atoms with Crippen molar-refractivity contribution in [3.63, 3.8) is 0 Å². The Morgan fingerprint density at radius 3 is 2.40 bits per heavy atom. The fourth-order valence-electron chi connectivity index (χ4n) is 2.89. The zero-order valence-electron chi connectivity index (χ0n) is 17.6. The Kier molecular flexibility index (Phi) is 12.6. The first-order chi connectivity index (χ1) is 14.3. The number of amides is 2.